The predicted molar refractivity (Wildman–Crippen MR) is 112 cm³/mol. The van der Waals surface area contributed by atoms with Gasteiger partial charge in [-0.3, -0.25) is 35.9 Å². The molecular formula is C17H13BrN8O5. The quantitative estimate of drug-likeness (QED) is 0.315. The third-order valence-corrected chi connectivity index (χ3v) is 4.28. The van der Waals surface area contributed by atoms with Crippen molar-refractivity contribution in [2.45, 2.75) is 6.42 Å². The van der Waals surface area contributed by atoms with Gasteiger partial charge in [-0.15, -0.1) is 0 Å². The summed E-state index contributed by atoms with van der Waals surface area (Å²) >= 11 is 3.24. The summed E-state index contributed by atoms with van der Waals surface area (Å²) in [5.74, 6) is -0.581. The summed E-state index contributed by atoms with van der Waals surface area (Å²) in [5.41, 5.74) is 4.65. The zero-order valence-electron chi connectivity index (χ0n) is 15.5. The van der Waals surface area contributed by atoms with E-state index in [-0.39, 0.29) is 23.7 Å². The maximum absolute atomic E-state index is 12.1. The molecule has 0 unspecified atom stereocenters. The molecule has 14 heteroatoms. The molecule has 3 aromatic rings. The Hall–Kier alpha value is -4.20. The van der Waals surface area contributed by atoms with E-state index < -0.39 is 21.4 Å². The zero-order valence-corrected chi connectivity index (χ0v) is 17.1. The van der Waals surface area contributed by atoms with Crippen molar-refractivity contribution in [3.63, 3.8) is 0 Å². The lowest BCUT2D eigenvalue weighted by Crippen LogP contribution is -2.31. The number of nitro benzene ring substituents is 1. The van der Waals surface area contributed by atoms with Gasteiger partial charge in [-0.25, -0.2) is 15.0 Å². The molecule has 3 N–H and O–H groups in total. The van der Waals surface area contributed by atoms with Gasteiger partial charge in [-0.05, 0) is 33.6 Å². The lowest BCUT2D eigenvalue weighted by Gasteiger charge is -2.10. The Morgan fingerprint density at radius 1 is 0.968 bits per heavy atom. The number of carbonyl (C=O) groups excluding carboxylic acids is 1. The van der Waals surface area contributed by atoms with E-state index in [2.05, 4.69) is 47.1 Å². The summed E-state index contributed by atoms with van der Waals surface area (Å²) in [6, 6.07) is 8.73. The Morgan fingerprint density at radius 2 is 1.68 bits per heavy atom. The number of hydrogen-bond acceptors (Lipinski definition) is 10. The molecule has 13 nitrogen and oxygen atoms in total. The van der Waals surface area contributed by atoms with Gasteiger partial charge >= 0.3 is 5.69 Å². The first-order valence-electron chi connectivity index (χ1n) is 8.49. The maximum atomic E-state index is 12.1. The first-order chi connectivity index (χ1) is 14.8. The van der Waals surface area contributed by atoms with Crippen molar-refractivity contribution in [2.75, 3.05) is 10.7 Å². The molecule has 0 aliphatic heterocycles. The van der Waals surface area contributed by atoms with E-state index in [0.29, 0.717) is 11.4 Å². The SMILES string of the molecule is O=C(Cc1ccc([N+](=O)[O-])cc1)NNc1ncnc(Nc2ccc(Br)cn2)c1[N+](=O)[O-]. The highest BCUT2D eigenvalue weighted by atomic mass is 79.9. The van der Waals surface area contributed by atoms with Crippen LogP contribution in [0.1, 0.15) is 5.56 Å². The Morgan fingerprint density at radius 3 is 2.29 bits per heavy atom. The van der Waals surface area contributed by atoms with E-state index in [9.17, 15) is 25.0 Å². The van der Waals surface area contributed by atoms with Gasteiger partial charge in [0.05, 0.1) is 16.3 Å². The van der Waals surface area contributed by atoms with E-state index >= 15 is 0 Å². The molecule has 31 heavy (non-hydrogen) atoms. The minimum atomic E-state index is -0.702. The number of anilines is 3. The molecule has 158 valence electrons. The van der Waals surface area contributed by atoms with E-state index in [0.717, 1.165) is 10.8 Å². The number of nitrogens with zero attached hydrogens (tertiary/aromatic N) is 5. The van der Waals surface area contributed by atoms with Crippen LogP contribution in [-0.2, 0) is 11.2 Å². The minimum absolute atomic E-state index is 0.0980. The topological polar surface area (TPSA) is 178 Å². The number of pyridine rings is 1. The second-order valence-electron chi connectivity index (χ2n) is 5.94. The zero-order chi connectivity index (χ0) is 22.4. The first-order valence-corrected chi connectivity index (χ1v) is 9.29. The van der Waals surface area contributed by atoms with E-state index in [1.165, 1.54) is 30.5 Å². The molecule has 0 aliphatic rings. The number of amides is 1. The fraction of sp³-hybridized carbons (Fsp3) is 0.0588. The molecule has 2 heterocycles. The molecule has 2 aromatic heterocycles. The highest BCUT2D eigenvalue weighted by Crippen LogP contribution is 2.30. The molecule has 3 rings (SSSR count). The van der Waals surface area contributed by atoms with Crippen molar-refractivity contribution >= 4 is 50.7 Å². The summed E-state index contributed by atoms with van der Waals surface area (Å²) in [7, 11) is 0. The number of nitro groups is 2. The van der Waals surface area contributed by atoms with Crippen LogP contribution >= 0.6 is 15.9 Å². The van der Waals surface area contributed by atoms with Crippen LogP contribution in [0.3, 0.4) is 0 Å². The van der Waals surface area contributed by atoms with Crippen LogP contribution in [0.5, 0.6) is 0 Å². The average Bonchev–Trinajstić information content (AvgIpc) is 2.74. The molecule has 1 amide bonds. The van der Waals surface area contributed by atoms with Gasteiger partial charge in [0.1, 0.15) is 12.1 Å². The smallest absolute Gasteiger partial charge is 0.319 e. The van der Waals surface area contributed by atoms with Crippen LogP contribution in [0.2, 0.25) is 0 Å². The molecule has 0 bridgehead atoms. The largest absolute Gasteiger partial charge is 0.355 e. The molecule has 0 fully saturated rings. The molecule has 0 spiro atoms. The molecule has 0 atom stereocenters. The van der Waals surface area contributed by atoms with E-state index in [4.69, 9.17) is 0 Å². The first kappa shape index (κ1) is 21.5. The van der Waals surface area contributed by atoms with Crippen molar-refractivity contribution in [1.29, 1.82) is 0 Å². The number of halogens is 1. The Labute approximate surface area is 182 Å². The monoisotopic (exact) mass is 488 g/mol. The van der Waals surface area contributed by atoms with Crippen LogP contribution < -0.4 is 16.2 Å². The van der Waals surface area contributed by atoms with E-state index in [1.807, 2.05) is 0 Å². The average molecular weight is 489 g/mol. The number of non-ortho nitro benzene ring substituents is 1. The Kier molecular flexibility index (Phi) is 6.61. The predicted octanol–water partition coefficient (Wildman–Crippen LogP) is 2.88. The standard InChI is InChI=1S/C17H13BrN8O5/c18-11-3-6-13(19-8-11)22-16-15(26(30)31)17(21-9-20-16)24-23-14(27)7-10-1-4-12(5-2-10)25(28)29/h1-6,8-9H,7H2,(H,23,27)(H2,19,20,21,22,24). The van der Waals surface area contributed by atoms with E-state index in [1.54, 1.807) is 12.1 Å². The van der Waals surface area contributed by atoms with Crippen LogP contribution in [0.4, 0.5) is 28.8 Å². The molecule has 1 aromatic carbocycles. The highest BCUT2D eigenvalue weighted by Gasteiger charge is 2.24. The van der Waals surface area contributed by atoms with Crippen LogP contribution in [0.15, 0.2) is 53.4 Å². The summed E-state index contributed by atoms with van der Waals surface area (Å²) in [6.45, 7) is 0. The molecular weight excluding hydrogens is 476 g/mol. The van der Waals surface area contributed by atoms with Crippen molar-refractivity contribution < 1.29 is 14.6 Å². The van der Waals surface area contributed by atoms with Gasteiger partial charge in [0, 0.05) is 22.8 Å². The van der Waals surface area contributed by atoms with Crippen molar-refractivity contribution in [3.8, 4) is 0 Å². The van der Waals surface area contributed by atoms with Gasteiger partial charge in [-0.2, -0.15) is 0 Å². The van der Waals surface area contributed by atoms with Crippen LogP contribution in [-0.4, -0.2) is 30.7 Å². The number of benzene rings is 1. The number of hydrazine groups is 1. The molecule has 0 saturated heterocycles. The number of hydrogen-bond donors (Lipinski definition) is 3. The van der Waals surface area contributed by atoms with Crippen LogP contribution in [0.25, 0.3) is 0 Å². The Balaban J connectivity index is 1.70. The molecule has 0 aliphatic carbocycles. The van der Waals surface area contributed by atoms with Crippen LogP contribution in [0, 0.1) is 20.2 Å². The summed E-state index contributed by atoms with van der Waals surface area (Å²) in [4.78, 5) is 44.9. The minimum Gasteiger partial charge on any atom is -0.319 e. The second kappa shape index (κ2) is 9.53. The Bertz CT molecular complexity index is 1120. The van der Waals surface area contributed by atoms with Crippen molar-refractivity contribution in [2.24, 2.45) is 0 Å². The van der Waals surface area contributed by atoms with Gasteiger partial charge < -0.3 is 5.32 Å². The van der Waals surface area contributed by atoms with Gasteiger partial charge in [0.2, 0.25) is 17.5 Å². The number of aromatic nitrogens is 3. The second-order valence-corrected chi connectivity index (χ2v) is 6.85. The fourth-order valence-corrected chi connectivity index (χ4v) is 2.63. The number of nitrogens with one attached hydrogen (secondary N) is 3. The summed E-state index contributed by atoms with van der Waals surface area (Å²) in [5, 5.41) is 25.0. The van der Waals surface area contributed by atoms with Gasteiger partial charge in [0.15, 0.2) is 0 Å². The van der Waals surface area contributed by atoms with Gasteiger partial charge in [-0.1, -0.05) is 12.1 Å². The number of rotatable bonds is 8. The summed E-state index contributed by atoms with van der Waals surface area (Å²) in [6.07, 6.45) is 2.48. The van der Waals surface area contributed by atoms with Gasteiger partial charge in [0.25, 0.3) is 5.69 Å². The highest BCUT2D eigenvalue weighted by molar-refractivity contribution is 9.10. The third-order valence-electron chi connectivity index (χ3n) is 3.81. The number of carbonyl (C=O) groups is 1. The normalized spacial score (nSPS) is 10.2. The van der Waals surface area contributed by atoms with Crippen molar-refractivity contribution in [1.82, 2.24) is 20.4 Å². The summed E-state index contributed by atoms with van der Waals surface area (Å²) < 4.78 is 0.730. The molecule has 0 radical (unpaired) electrons. The fourth-order valence-electron chi connectivity index (χ4n) is 2.40. The lowest BCUT2D eigenvalue weighted by molar-refractivity contribution is -0.384. The third kappa shape index (κ3) is 5.66. The maximum Gasteiger partial charge on any atom is 0.355 e. The van der Waals surface area contributed by atoms with Crippen molar-refractivity contribution in [3.05, 3.63) is 79.2 Å². The lowest BCUT2D eigenvalue weighted by atomic mass is 10.1. The molecule has 0 saturated carbocycles.